The van der Waals surface area contributed by atoms with Gasteiger partial charge in [0.05, 0.1) is 0 Å². The van der Waals surface area contributed by atoms with Crippen molar-refractivity contribution < 1.29 is 9.53 Å². The highest BCUT2D eigenvalue weighted by molar-refractivity contribution is 7.96. The Balaban J connectivity index is 2.37. The van der Waals surface area contributed by atoms with Gasteiger partial charge in [-0.15, -0.1) is 0 Å². The zero-order chi connectivity index (χ0) is 17.5. The van der Waals surface area contributed by atoms with Crippen molar-refractivity contribution in [2.24, 2.45) is 0 Å². The molecule has 0 aliphatic rings. The lowest BCUT2D eigenvalue weighted by Gasteiger charge is -2.31. The van der Waals surface area contributed by atoms with Gasteiger partial charge in [-0.05, 0) is 43.3 Å². The van der Waals surface area contributed by atoms with E-state index >= 15 is 0 Å². The average molecular weight is 349 g/mol. The number of carbonyl (C=O) groups excluding carboxylic acids is 1. The first-order chi connectivity index (χ1) is 12.3. The molecule has 0 heterocycles. The summed E-state index contributed by atoms with van der Waals surface area (Å²) in [6, 6.07) is 30.9. The molecule has 0 N–H and O–H groups in total. The Hall–Kier alpha value is -2.28. The van der Waals surface area contributed by atoms with Crippen LogP contribution in [0.1, 0.15) is 6.92 Å². The molecule has 0 aliphatic heterocycles. The van der Waals surface area contributed by atoms with Crippen LogP contribution in [-0.2, 0) is 9.53 Å². The molecule has 0 radical (unpaired) electrons. The Bertz CT molecular complexity index is 691. The van der Waals surface area contributed by atoms with Crippen LogP contribution in [0.4, 0.5) is 0 Å². The van der Waals surface area contributed by atoms with E-state index in [1.54, 1.807) is 0 Å². The summed E-state index contributed by atoms with van der Waals surface area (Å²) in [7, 11) is -2.27. The summed E-state index contributed by atoms with van der Waals surface area (Å²) in [6.45, 7) is 2.43. The molecular formula is C22H22O2P+. The molecule has 0 saturated carbocycles. The first-order valence-electron chi connectivity index (χ1n) is 8.46. The van der Waals surface area contributed by atoms with Gasteiger partial charge in [0.2, 0.25) is 5.85 Å². The third-order valence-electron chi connectivity index (χ3n) is 4.33. The molecule has 1 unspecified atom stereocenters. The van der Waals surface area contributed by atoms with Crippen molar-refractivity contribution in [3.63, 3.8) is 0 Å². The maximum absolute atomic E-state index is 12.2. The minimum absolute atomic E-state index is 0.498. The summed E-state index contributed by atoms with van der Waals surface area (Å²) in [5.74, 6) is -0.510. The molecule has 0 aliphatic carbocycles. The first kappa shape index (κ1) is 17.5. The monoisotopic (exact) mass is 349 g/mol. The number of aldehydes is 1. The second kappa shape index (κ2) is 8.20. The Morgan fingerprint density at radius 1 is 0.760 bits per heavy atom. The van der Waals surface area contributed by atoms with Gasteiger partial charge in [-0.25, -0.2) is 0 Å². The standard InChI is InChI=1S/C22H22O2P/c1-2-24-22(18-23)25(19-12-6-3-7-13-19,20-14-8-4-9-15-20)21-16-10-5-11-17-21/h3-18,22H,2H2,1H3/q+1. The van der Waals surface area contributed by atoms with Crippen LogP contribution >= 0.6 is 7.26 Å². The third-order valence-corrected chi connectivity index (χ3v) is 8.70. The fourth-order valence-electron chi connectivity index (χ4n) is 3.29. The molecule has 0 bridgehead atoms. The average Bonchev–Trinajstić information content (AvgIpc) is 2.70. The fraction of sp³-hybridized carbons (Fsp3) is 0.136. The molecule has 3 aromatic rings. The zero-order valence-electron chi connectivity index (χ0n) is 14.3. The van der Waals surface area contributed by atoms with Crippen LogP contribution in [0.2, 0.25) is 0 Å². The van der Waals surface area contributed by atoms with Gasteiger partial charge in [-0.3, -0.25) is 4.79 Å². The van der Waals surface area contributed by atoms with Gasteiger partial charge in [0, 0.05) is 6.61 Å². The summed E-state index contributed by atoms with van der Waals surface area (Å²) in [4.78, 5) is 12.2. The molecule has 0 spiro atoms. The molecule has 0 fully saturated rings. The highest BCUT2D eigenvalue weighted by Gasteiger charge is 2.53. The number of ether oxygens (including phenoxy) is 1. The minimum Gasteiger partial charge on any atom is -0.337 e. The van der Waals surface area contributed by atoms with Gasteiger partial charge in [-0.2, -0.15) is 0 Å². The second-order valence-electron chi connectivity index (χ2n) is 5.71. The minimum atomic E-state index is -2.27. The summed E-state index contributed by atoms with van der Waals surface area (Å²) in [6.07, 6.45) is 0.976. The molecule has 3 rings (SSSR count). The maximum atomic E-state index is 12.2. The van der Waals surface area contributed by atoms with E-state index in [1.807, 2.05) is 61.5 Å². The number of carbonyl (C=O) groups is 1. The fourth-order valence-corrected chi connectivity index (χ4v) is 7.55. The van der Waals surface area contributed by atoms with E-state index in [9.17, 15) is 4.79 Å². The SMILES string of the molecule is CCOC(C=O)[P+](c1ccccc1)(c1ccccc1)c1ccccc1. The van der Waals surface area contributed by atoms with Gasteiger partial charge in [0.1, 0.15) is 23.2 Å². The molecule has 0 aromatic heterocycles. The van der Waals surface area contributed by atoms with E-state index in [4.69, 9.17) is 4.74 Å². The van der Waals surface area contributed by atoms with Gasteiger partial charge in [0.25, 0.3) is 0 Å². The molecular weight excluding hydrogens is 327 g/mol. The molecule has 3 aromatic carbocycles. The Morgan fingerprint density at radius 2 is 1.12 bits per heavy atom. The van der Waals surface area contributed by atoms with Crippen molar-refractivity contribution in [1.82, 2.24) is 0 Å². The highest BCUT2D eigenvalue weighted by atomic mass is 31.2. The predicted octanol–water partition coefficient (Wildman–Crippen LogP) is 3.54. The number of rotatable bonds is 7. The van der Waals surface area contributed by atoms with E-state index in [0.29, 0.717) is 6.61 Å². The van der Waals surface area contributed by atoms with Crippen molar-refractivity contribution in [2.45, 2.75) is 12.8 Å². The quantitative estimate of drug-likeness (QED) is 0.482. The van der Waals surface area contributed by atoms with Gasteiger partial charge >= 0.3 is 0 Å². The topological polar surface area (TPSA) is 26.3 Å². The molecule has 3 heteroatoms. The molecule has 0 saturated heterocycles. The van der Waals surface area contributed by atoms with Gasteiger partial charge < -0.3 is 4.74 Å². The number of hydrogen-bond donors (Lipinski definition) is 0. The van der Waals surface area contributed by atoms with E-state index in [0.717, 1.165) is 22.2 Å². The molecule has 1 atom stereocenters. The van der Waals surface area contributed by atoms with Crippen molar-refractivity contribution in [2.75, 3.05) is 6.61 Å². The van der Waals surface area contributed by atoms with Crippen molar-refractivity contribution >= 4 is 29.5 Å². The lowest BCUT2D eigenvalue weighted by Crippen LogP contribution is -2.40. The maximum Gasteiger partial charge on any atom is 0.237 e. The molecule has 126 valence electrons. The van der Waals surface area contributed by atoms with E-state index in [-0.39, 0.29) is 0 Å². The van der Waals surface area contributed by atoms with Crippen molar-refractivity contribution in [3.8, 4) is 0 Å². The van der Waals surface area contributed by atoms with Crippen LogP contribution in [0.25, 0.3) is 0 Å². The van der Waals surface area contributed by atoms with E-state index < -0.39 is 13.1 Å². The lowest BCUT2D eigenvalue weighted by atomic mass is 10.4. The summed E-state index contributed by atoms with van der Waals surface area (Å²) in [5, 5.41) is 3.45. The Kier molecular flexibility index (Phi) is 5.75. The summed E-state index contributed by atoms with van der Waals surface area (Å²) >= 11 is 0. The van der Waals surface area contributed by atoms with E-state index in [2.05, 4.69) is 36.4 Å². The van der Waals surface area contributed by atoms with Crippen molar-refractivity contribution in [3.05, 3.63) is 91.0 Å². The van der Waals surface area contributed by atoms with Crippen molar-refractivity contribution in [1.29, 1.82) is 0 Å². The number of benzene rings is 3. The highest BCUT2D eigenvalue weighted by Crippen LogP contribution is 2.59. The number of hydrogen-bond acceptors (Lipinski definition) is 2. The Morgan fingerprint density at radius 3 is 1.40 bits per heavy atom. The third kappa shape index (κ3) is 3.28. The van der Waals surface area contributed by atoms with E-state index in [1.165, 1.54) is 0 Å². The predicted molar refractivity (Wildman–Crippen MR) is 107 cm³/mol. The van der Waals surface area contributed by atoms with Crippen LogP contribution in [0, 0.1) is 0 Å². The first-order valence-corrected chi connectivity index (χ1v) is 10.3. The summed E-state index contributed by atoms with van der Waals surface area (Å²) < 4.78 is 6.00. The molecule has 25 heavy (non-hydrogen) atoms. The Labute approximate surface area is 149 Å². The van der Waals surface area contributed by atoms with Gasteiger partial charge in [0.15, 0.2) is 6.29 Å². The van der Waals surface area contributed by atoms with Crippen LogP contribution in [0.3, 0.4) is 0 Å². The largest absolute Gasteiger partial charge is 0.337 e. The second-order valence-corrected chi connectivity index (χ2v) is 9.21. The van der Waals surface area contributed by atoms with Crippen LogP contribution in [0.5, 0.6) is 0 Å². The lowest BCUT2D eigenvalue weighted by molar-refractivity contribution is -0.113. The van der Waals surface area contributed by atoms with Gasteiger partial charge in [-0.1, -0.05) is 54.6 Å². The zero-order valence-corrected chi connectivity index (χ0v) is 15.2. The summed E-state index contributed by atoms with van der Waals surface area (Å²) in [5.41, 5.74) is 0. The smallest absolute Gasteiger partial charge is 0.237 e. The molecule has 2 nitrogen and oxygen atoms in total. The molecule has 0 amide bonds. The van der Waals surface area contributed by atoms with Crippen LogP contribution in [-0.4, -0.2) is 18.7 Å². The van der Waals surface area contributed by atoms with Crippen LogP contribution in [0.15, 0.2) is 91.0 Å². The normalized spacial score (nSPS) is 12.5. The van der Waals surface area contributed by atoms with Crippen LogP contribution < -0.4 is 15.9 Å².